The fraction of sp³-hybridized carbons (Fsp3) is 0.650. The van der Waals surface area contributed by atoms with Gasteiger partial charge in [-0.15, -0.1) is 0 Å². The molecular formula is C20H29FN2O2. The fourth-order valence-corrected chi connectivity index (χ4v) is 3.83. The van der Waals surface area contributed by atoms with Gasteiger partial charge in [-0.1, -0.05) is 12.1 Å². The lowest BCUT2D eigenvalue weighted by Gasteiger charge is -2.26. The minimum atomic E-state index is -0.146. The lowest BCUT2D eigenvalue weighted by atomic mass is 9.97. The van der Waals surface area contributed by atoms with Crippen molar-refractivity contribution in [3.05, 3.63) is 35.1 Å². The summed E-state index contributed by atoms with van der Waals surface area (Å²) in [5.41, 5.74) is 1.87. The number of hydrogen-bond donors (Lipinski definition) is 0. The lowest BCUT2D eigenvalue weighted by molar-refractivity contribution is -0.130. The molecule has 25 heavy (non-hydrogen) atoms. The third-order valence-electron chi connectivity index (χ3n) is 5.35. The Bertz CT molecular complexity index is 587. The second-order valence-electron chi connectivity index (χ2n) is 7.34. The Morgan fingerprint density at radius 2 is 2.08 bits per heavy atom. The molecule has 1 aromatic carbocycles. The highest BCUT2D eigenvalue weighted by Gasteiger charge is 2.26. The second-order valence-corrected chi connectivity index (χ2v) is 7.34. The number of amides is 1. The Balaban J connectivity index is 1.39. The molecule has 1 amide bonds. The largest absolute Gasteiger partial charge is 0.379 e. The van der Waals surface area contributed by atoms with Crippen LogP contribution in [0.2, 0.25) is 0 Å². The number of carbonyl (C=O) groups excluding carboxylic acids is 1. The van der Waals surface area contributed by atoms with Crippen molar-refractivity contribution in [2.45, 2.75) is 32.6 Å². The van der Waals surface area contributed by atoms with E-state index >= 15 is 0 Å². The van der Waals surface area contributed by atoms with Crippen LogP contribution >= 0.6 is 0 Å². The average molecular weight is 348 g/mol. The van der Waals surface area contributed by atoms with Crippen molar-refractivity contribution in [2.75, 3.05) is 45.9 Å². The highest BCUT2D eigenvalue weighted by molar-refractivity contribution is 5.76. The molecule has 0 aromatic heterocycles. The van der Waals surface area contributed by atoms with Crippen molar-refractivity contribution in [1.82, 2.24) is 9.80 Å². The van der Waals surface area contributed by atoms with Gasteiger partial charge in [0, 0.05) is 32.6 Å². The molecule has 0 saturated carbocycles. The summed E-state index contributed by atoms with van der Waals surface area (Å²) in [5.74, 6) is 0.631. The molecule has 0 bridgehead atoms. The van der Waals surface area contributed by atoms with Crippen LogP contribution in [0.1, 0.15) is 30.4 Å². The van der Waals surface area contributed by atoms with Crippen molar-refractivity contribution in [1.29, 1.82) is 0 Å². The molecule has 3 rings (SSSR count). The van der Waals surface area contributed by atoms with E-state index in [1.807, 2.05) is 17.0 Å². The Hall–Kier alpha value is -1.46. The first-order chi connectivity index (χ1) is 12.1. The predicted molar refractivity (Wildman–Crippen MR) is 96.0 cm³/mol. The van der Waals surface area contributed by atoms with E-state index < -0.39 is 0 Å². The Morgan fingerprint density at radius 3 is 2.84 bits per heavy atom. The summed E-state index contributed by atoms with van der Waals surface area (Å²) in [5, 5.41) is 0. The van der Waals surface area contributed by atoms with Gasteiger partial charge in [0.2, 0.25) is 5.91 Å². The highest BCUT2D eigenvalue weighted by Crippen LogP contribution is 2.22. The number of ether oxygens (including phenoxy) is 1. The van der Waals surface area contributed by atoms with E-state index in [0.717, 1.165) is 65.2 Å². The van der Waals surface area contributed by atoms with Gasteiger partial charge < -0.3 is 9.64 Å². The van der Waals surface area contributed by atoms with E-state index in [1.54, 1.807) is 13.0 Å². The molecule has 2 aliphatic rings. The molecule has 4 nitrogen and oxygen atoms in total. The van der Waals surface area contributed by atoms with Gasteiger partial charge in [0.25, 0.3) is 0 Å². The minimum absolute atomic E-state index is 0.146. The van der Waals surface area contributed by atoms with Gasteiger partial charge >= 0.3 is 0 Å². The maximum Gasteiger partial charge on any atom is 0.222 e. The molecule has 2 aliphatic heterocycles. The zero-order chi connectivity index (χ0) is 17.6. The summed E-state index contributed by atoms with van der Waals surface area (Å²) in [6.07, 6.45) is 3.54. The van der Waals surface area contributed by atoms with Crippen molar-refractivity contribution in [2.24, 2.45) is 5.92 Å². The highest BCUT2D eigenvalue weighted by atomic mass is 19.1. The van der Waals surface area contributed by atoms with Crippen LogP contribution in [-0.2, 0) is 16.0 Å². The van der Waals surface area contributed by atoms with E-state index in [0.29, 0.717) is 17.9 Å². The molecule has 5 heteroatoms. The first-order valence-corrected chi connectivity index (χ1v) is 9.45. The number of likely N-dealkylation sites (tertiary alicyclic amines) is 1. The van der Waals surface area contributed by atoms with Gasteiger partial charge in [0.1, 0.15) is 5.82 Å². The Labute approximate surface area is 149 Å². The molecular weight excluding hydrogens is 319 g/mol. The number of morpholine rings is 1. The van der Waals surface area contributed by atoms with Crippen LogP contribution in [0.3, 0.4) is 0 Å². The van der Waals surface area contributed by atoms with Crippen LogP contribution in [0.4, 0.5) is 4.39 Å². The number of hydrogen-bond acceptors (Lipinski definition) is 3. The molecule has 0 spiro atoms. The van der Waals surface area contributed by atoms with Gasteiger partial charge in [-0.25, -0.2) is 4.39 Å². The molecule has 138 valence electrons. The molecule has 2 fully saturated rings. The van der Waals surface area contributed by atoms with Crippen LogP contribution in [-0.4, -0.2) is 61.6 Å². The van der Waals surface area contributed by atoms with Crippen LogP contribution in [0, 0.1) is 18.7 Å². The summed E-state index contributed by atoms with van der Waals surface area (Å²) >= 11 is 0. The summed E-state index contributed by atoms with van der Waals surface area (Å²) in [6, 6.07) is 5.35. The molecule has 1 atom stereocenters. The van der Waals surface area contributed by atoms with Crippen LogP contribution in [0.5, 0.6) is 0 Å². The standard InChI is InChI=1S/C20H29FN2O2/c1-16-13-17(4-5-19(16)21)14-18-6-8-23(15-18)20(24)3-2-7-22-9-11-25-12-10-22/h4-5,13,18H,2-3,6-12,14-15H2,1H3. The molecule has 2 saturated heterocycles. The monoisotopic (exact) mass is 348 g/mol. The number of aryl methyl sites for hydroxylation is 1. The van der Waals surface area contributed by atoms with E-state index in [1.165, 1.54) is 5.56 Å². The minimum Gasteiger partial charge on any atom is -0.379 e. The number of halogens is 1. The summed E-state index contributed by atoms with van der Waals surface area (Å²) in [7, 11) is 0. The molecule has 0 radical (unpaired) electrons. The molecule has 0 N–H and O–H groups in total. The van der Waals surface area contributed by atoms with Gasteiger partial charge in [-0.3, -0.25) is 9.69 Å². The maximum atomic E-state index is 13.4. The summed E-state index contributed by atoms with van der Waals surface area (Å²) in [6.45, 7) is 8.08. The normalized spacial score (nSPS) is 21.7. The van der Waals surface area contributed by atoms with Gasteiger partial charge in [-0.05, 0) is 55.8 Å². The zero-order valence-electron chi connectivity index (χ0n) is 15.2. The number of nitrogens with zero attached hydrogens (tertiary/aromatic N) is 2. The van der Waals surface area contributed by atoms with Crippen molar-refractivity contribution in [3.63, 3.8) is 0 Å². The van der Waals surface area contributed by atoms with E-state index in [4.69, 9.17) is 4.74 Å². The Kier molecular flexibility index (Phi) is 6.43. The summed E-state index contributed by atoms with van der Waals surface area (Å²) in [4.78, 5) is 16.8. The van der Waals surface area contributed by atoms with E-state index in [9.17, 15) is 9.18 Å². The van der Waals surface area contributed by atoms with Crippen LogP contribution < -0.4 is 0 Å². The third kappa shape index (κ3) is 5.25. The smallest absolute Gasteiger partial charge is 0.222 e. The zero-order valence-corrected chi connectivity index (χ0v) is 15.2. The number of rotatable bonds is 6. The lowest BCUT2D eigenvalue weighted by Crippen LogP contribution is -2.37. The maximum absolute atomic E-state index is 13.4. The van der Waals surface area contributed by atoms with Gasteiger partial charge in [0.15, 0.2) is 0 Å². The third-order valence-corrected chi connectivity index (χ3v) is 5.35. The quantitative estimate of drug-likeness (QED) is 0.792. The average Bonchev–Trinajstić information content (AvgIpc) is 3.08. The first-order valence-electron chi connectivity index (χ1n) is 9.45. The van der Waals surface area contributed by atoms with Gasteiger partial charge in [0.05, 0.1) is 13.2 Å². The molecule has 1 aromatic rings. The number of carbonyl (C=O) groups is 1. The SMILES string of the molecule is Cc1cc(CC2CCN(C(=O)CCCN3CCOCC3)C2)ccc1F. The van der Waals surface area contributed by atoms with Gasteiger partial charge in [-0.2, -0.15) is 0 Å². The van der Waals surface area contributed by atoms with Crippen LogP contribution in [0.25, 0.3) is 0 Å². The molecule has 0 aliphatic carbocycles. The van der Waals surface area contributed by atoms with Crippen LogP contribution in [0.15, 0.2) is 18.2 Å². The predicted octanol–water partition coefficient (Wildman–Crippen LogP) is 2.64. The second kappa shape index (κ2) is 8.77. The van der Waals surface area contributed by atoms with Crippen molar-refractivity contribution < 1.29 is 13.9 Å². The fourth-order valence-electron chi connectivity index (χ4n) is 3.83. The Morgan fingerprint density at radius 1 is 1.28 bits per heavy atom. The van der Waals surface area contributed by atoms with E-state index in [2.05, 4.69) is 4.90 Å². The first kappa shape index (κ1) is 18.3. The topological polar surface area (TPSA) is 32.8 Å². The van der Waals surface area contributed by atoms with Crippen molar-refractivity contribution >= 4 is 5.91 Å². The molecule has 2 heterocycles. The van der Waals surface area contributed by atoms with E-state index in [-0.39, 0.29) is 11.7 Å². The number of benzene rings is 1. The van der Waals surface area contributed by atoms with Crippen molar-refractivity contribution in [3.8, 4) is 0 Å². The molecule has 1 unspecified atom stereocenters. The summed E-state index contributed by atoms with van der Waals surface area (Å²) < 4.78 is 18.7.